The molecule has 6 nitrogen and oxygen atoms in total. The summed E-state index contributed by atoms with van der Waals surface area (Å²) in [5.41, 5.74) is 0.880. The van der Waals surface area contributed by atoms with Crippen molar-refractivity contribution in [2.45, 2.75) is 70.7 Å². The molecule has 7 heteroatoms. The number of benzene rings is 1. The first-order valence-corrected chi connectivity index (χ1v) is 10.2. The summed E-state index contributed by atoms with van der Waals surface area (Å²) in [6.45, 7) is 5.44. The molecular weight excluding hydrogens is 364 g/mol. The molecule has 5 N–H and O–H groups in total. The fourth-order valence-electron chi connectivity index (χ4n) is 2.66. The van der Waals surface area contributed by atoms with Gasteiger partial charge in [-0.3, -0.25) is 0 Å². The minimum Gasteiger partial charge on any atom is -0.508 e. The first-order valence-electron chi connectivity index (χ1n) is 9.77. The van der Waals surface area contributed by atoms with Gasteiger partial charge in [-0.25, -0.2) is 0 Å². The number of ether oxygens (including phenoxy) is 1. The summed E-state index contributed by atoms with van der Waals surface area (Å²) in [7, 11) is 0. The molecule has 1 fully saturated rings. The second-order valence-corrected chi connectivity index (χ2v) is 7.16. The van der Waals surface area contributed by atoms with E-state index in [0.29, 0.717) is 11.5 Å². The first-order chi connectivity index (χ1) is 13.0. The zero-order valence-corrected chi connectivity index (χ0v) is 17.2. The fourth-order valence-corrected chi connectivity index (χ4v) is 2.88. The van der Waals surface area contributed by atoms with Crippen LogP contribution in [-0.4, -0.2) is 51.9 Å². The minimum atomic E-state index is -0.678. The number of aromatic hydroxyl groups is 1. The van der Waals surface area contributed by atoms with E-state index in [4.69, 9.17) is 27.2 Å². The number of hydrogen-bond donors (Lipinski definition) is 5. The highest BCUT2D eigenvalue weighted by atomic mass is 32.1. The van der Waals surface area contributed by atoms with Crippen LogP contribution in [0.25, 0.3) is 0 Å². The van der Waals surface area contributed by atoms with Crippen LogP contribution in [0, 0.1) is 0 Å². The van der Waals surface area contributed by atoms with E-state index in [2.05, 4.69) is 24.5 Å². The molecule has 1 aromatic rings. The molecule has 1 aliphatic rings. The van der Waals surface area contributed by atoms with E-state index in [0.717, 1.165) is 31.5 Å². The quantitative estimate of drug-likeness (QED) is 0.274. The van der Waals surface area contributed by atoms with Gasteiger partial charge in [0.1, 0.15) is 11.9 Å². The Kier molecular flexibility index (Phi) is 12.0. The van der Waals surface area contributed by atoms with Crippen molar-refractivity contribution in [2.75, 3.05) is 18.5 Å². The second kappa shape index (κ2) is 13.7. The van der Waals surface area contributed by atoms with Gasteiger partial charge in [0.2, 0.25) is 0 Å². The van der Waals surface area contributed by atoms with Gasteiger partial charge < -0.3 is 30.7 Å². The van der Waals surface area contributed by atoms with Crippen molar-refractivity contribution in [3.8, 4) is 5.75 Å². The number of phenols is 1. The van der Waals surface area contributed by atoms with E-state index < -0.39 is 12.2 Å². The van der Waals surface area contributed by atoms with Crippen LogP contribution in [0.4, 0.5) is 5.69 Å². The van der Waals surface area contributed by atoms with Crippen LogP contribution < -0.4 is 10.6 Å². The van der Waals surface area contributed by atoms with Crippen LogP contribution in [0.2, 0.25) is 0 Å². The highest BCUT2D eigenvalue weighted by molar-refractivity contribution is 7.80. The van der Waals surface area contributed by atoms with E-state index in [9.17, 15) is 5.11 Å². The first kappa shape index (κ1) is 23.6. The average Bonchev–Trinajstić information content (AvgIpc) is 2.65. The Morgan fingerprint density at radius 3 is 2.41 bits per heavy atom. The van der Waals surface area contributed by atoms with Gasteiger partial charge in [0.05, 0.1) is 18.8 Å². The third-order valence-electron chi connectivity index (χ3n) is 4.25. The molecule has 0 aliphatic carbocycles. The Morgan fingerprint density at radius 2 is 1.81 bits per heavy atom. The predicted octanol–water partition coefficient (Wildman–Crippen LogP) is 3.17. The van der Waals surface area contributed by atoms with E-state index in [-0.39, 0.29) is 18.5 Å². The van der Waals surface area contributed by atoms with E-state index in [1.807, 2.05) is 0 Å². The van der Waals surface area contributed by atoms with Crippen LogP contribution in [0.1, 0.15) is 52.4 Å². The fraction of sp³-hybridized carbons (Fsp3) is 0.650. The van der Waals surface area contributed by atoms with Gasteiger partial charge in [0, 0.05) is 18.7 Å². The predicted molar refractivity (Wildman–Crippen MR) is 113 cm³/mol. The minimum absolute atomic E-state index is 0.151. The summed E-state index contributed by atoms with van der Waals surface area (Å²) in [6.07, 6.45) is 5.07. The highest BCUT2D eigenvalue weighted by Gasteiger charge is 2.27. The molecule has 0 radical (unpaired) electrons. The van der Waals surface area contributed by atoms with Crippen molar-refractivity contribution < 1.29 is 20.1 Å². The molecular formula is C20H34N2O4S. The standard InChI is InChI=1S/C12H18N2OS.C8H16O3/c1-2-3-4-9-13-12(16)14-10-5-7-11(15)8-6-10;1-2-3-6-4-7(9)8(10)5-11-6/h5-8,15H,2-4,9H2,1H3,(H2,13,14,16);6-10H,2-5H2,1H3. The Bertz CT molecular complexity index is 527. The van der Waals surface area contributed by atoms with Gasteiger partial charge in [-0.2, -0.15) is 0 Å². The summed E-state index contributed by atoms with van der Waals surface area (Å²) in [5.74, 6) is 0.257. The Hall–Kier alpha value is -1.41. The molecule has 0 bridgehead atoms. The maximum absolute atomic E-state index is 9.24. The van der Waals surface area contributed by atoms with Gasteiger partial charge in [-0.05, 0) is 49.3 Å². The van der Waals surface area contributed by atoms with Crippen LogP contribution in [0.15, 0.2) is 24.3 Å². The Labute approximate surface area is 167 Å². The number of phenolic OH excluding ortho intramolecular Hbond substituents is 1. The summed E-state index contributed by atoms with van der Waals surface area (Å²) in [6, 6.07) is 6.83. The number of rotatable bonds is 7. The molecule has 27 heavy (non-hydrogen) atoms. The van der Waals surface area contributed by atoms with Crippen molar-refractivity contribution >= 4 is 23.0 Å². The molecule has 1 heterocycles. The number of aliphatic hydroxyl groups excluding tert-OH is 2. The van der Waals surface area contributed by atoms with Gasteiger partial charge in [-0.15, -0.1) is 0 Å². The molecule has 3 unspecified atom stereocenters. The van der Waals surface area contributed by atoms with E-state index >= 15 is 0 Å². The zero-order valence-electron chi connectivity index (χ0n) is 16.4. The summed E-state index contributed by atoms with van der Waals surface area (Å²) >= 11 is 5.13. The van der Waals surface area contributed by atoms with Gasteiger partial charge >= 0.3 is 0 Å². The summed E-state index contributed by atoms with van der Waals surface area (Å²) in [4.78, 5) is 0. The lowest BCUT2D eigenvalue weighted by Gasteiger charge is -2.30. The molecule has 154 valence electrons. The highest BCUT2D eigenvalue weighted by Crippen LogP contribution is 2.17. The van der Waals surface area contributed by atoms with Crippen LogP contribution in [0.3, 0.4) is 0 Å². The third kappa shape index (κ3) is 10.5. The molecule has 0 spiro atoms. The topological polar surface area (TPSA) is 94.0 Å². The molecule has 1 aromatic carbocycles. The number of hydrogen-bond acceptors (Lipinski definition) is 5. The number of thiocarbonyl (C=S) groups is 1. The van der Waals surface area contributed by atoms with Crippen molar-refractivity contribution in [3.63, 3.8) is 0 Å². The lowest BCUT2D eigenvalue weighted by molar-refractivity contribution is -0.122. The van der Waals surface area contributed by atoms with Crippen molar-refractivity contribution in [2.24, 2.45) is 0 Å². The number of nitrogens with one attached hydrogen (secondary N) is 2. The second-order valence-electron chi connectivity index (χ2n) is 6.75. The lowest BCUT2D eigenvalue weighted by atomic mass is 10.0. The maximum atomic E-state index is 9.24. The normalized spacial score (nSPS) is 21.7. The molecule has 1 saturated heterocycles. The number of unbranched alkanes of at least 4 members (excludes halogenated alkanes) is 2. The average molecular weight is 399 g/mol. The third-order valence-corrected chi connectivity index (χ3v) is 4.50. The van der Waals surface area contributed by atoms with Gasteiger partial charge in [0.15, 0.2) is 5.11 Å². The van der Waals surface area contributed by atoms with Crippen LogP contribution in [-0.2, 0) is 4.74 Å². The molecule has 3 atom stereocenters. The molecule has 1 aliphatic heterocycles. The summed E-state index contributed by atoms with van der Waals surface area (Å²) in [5, 5.41) is 34.3. The zero-order chi connectivity index (χ0) is 20.1. The largest absolute Gasteiger partial charge is 0.508 e. The van der Waals surface area contributed by atoms with E-state index in [1.54, 1.807) is 24.3 Å². The van der Waals surface area contributed by atoms with Crippen molar-refractivity contribution in [3.05, 3.63) is 24.3 Å². The Morgan fingerprint density at radius 1 is 1.11 bits per heavy atom. The molecule has 0 saturated carbocycles. The number of anilines is 1. The monoisotopic (exact) mass is 398 g/mol. The molecule has 0 aromatic heterocycles. The lowest BCUT2D eigenvalue weighted by Crippen LogP contribution is -2.41. The van der Waals surface area contributed by atoms with Gasteiger partial charge in [0.25, 0.3) is 0 Å². The van der Waals surface area contributed by atoms with Crippen LogP contribution >= 0.6 is 12.2 Å². The number of aliphatic hydroxyl groups is 2. The smallest absolute Gasteiger partial charge is 0.170 e. The summed E-state index contributed by atoms with van der Waals surface area (Å²) < 4.78 is 5.29. The molecule has 2 rings (SSSR count). The van der Waals surface area contributed by atoms with Crippen molar-refractivity contribution in [1.82, 2.24) is 5.32 Å². The van der Waals surface area contributed by atoms with Crippen molar-refractivity contribution in [1.29, 1.82) is 0 Å². The SMILES string of the molecule is CCCC1CC(O)C(O)CO1.CCCCCNC(=S)Nc1ccc(O)cc1. The van der Waals surface area contributed by atoms with Gasteiger partial charge in [-0.1, -0.05) is 33.1 Å². The maximum Gasteiger partial charge on any atom is 0.170 e. The van der Waals surface area contributed by atoms with E-state index in [1.165, 1.54) is 12.8 Å². The molecule has 0 amide bonds. The van der Waals surface area contributed by atoms with Crippen LogP contribution in [0.5, 0.6) is 5.75 Å². The Balaban J connectivity index is 0.000000289.